The maximum absolute atomic E-state index is 2.44. The molecule has 14 heavy (non-hydrogen) atoms. The Morgan fingerprint density at radius 2 is 1.86 bits per heavy atom. The number of benzene rings is 1. The predicted octanol–water partition coefficient (Wildman–Crippen LogP) is 4.15. The molecule has 0 spiro atoms. The van der Waals surface area contributed by atoms with Gasteiger partial charge in [-0.15, -0.1) is 0 Å². The highest BCUT2D eigenvalue weighted by Gasteiger charge is 2.34. The van der Waals surface area contributed by atoms with E-state index in [-0.39, 0.29) is 0 Å². The molecular formula is C14H20. The zero-order valence-corrected chi connectivity index (χ0v) is 9.29. The van der Waals surface area contributed by atoms with Crippen LogP contribution in [0.25, 0.3) is 0 Å². The Labute approximate surface area is 87.3 Å². The quantitative estimate of drug-likeness (QED) is 0.621. The van der Waals surface area contributed by atoms with Crippen molar-refractivity contribution in [2.75, 3.05) is 0 Å². The fourth-order valence-corrected chi connectivity index (χ4v) is 2.76. The lowest BCUT2D eigenvalue weighted by Gasteiger charge is -2.40. The van der Waals surface area contributed by atoms with Crippen LogP contribution in [0.3, 0.4) is 0 Å². The first-order valence-corrected chi connectivity index (χ1v) is 5.79. The monoisotopic (exact) mass is 188 g/mol. The topological polar surface area (TPSA) is 0 Å². The minimum absolute atomic E-state index is 0.430. The van der Waals surface area contributed by atoms with E-state index >= 15 is 0 Å². The smallest absolute Gasteiger partial charge is 0.00497 e. The van der Waals surface area contributed by atoms with Crippen LogP contribution >= 0.6 is 0 Å². The maximum atomic E-state index is 2.44. The van der Waals surface area contributed by atoms with Crippen LogP contribution in [0.2, 0.25) is 0 Å². The second-order valence-corrected chi connectivity index (χ2v) is 4.93. The van der Waals surface area contributed by atoms with E-state index in [9.17, 15) is 0 Å². The van der Waals surface area contributed by atoms with Crippen molar-refractivity contribution in [2.24, 2.45) is 5.92 Å². The van der Waals surface area contributed by atoms with E-state index in [1.165, 1.54) is 31.2 Å². The van der Waals surface area contributed by atoms with Gasteiger partial charge >= 0.3 is 0 Å². The number of rotatable bonds is 1. The first kappa shape index (κ1) is 9.76. The SMILES string of the molecule is C[C@@H]1CCCC[C@@]1(C)c1ccccc1. The van der Waals surface area contributed by atoms with E-state index in [4.69, 9.17) is 0 Å². The summed E-state index contributed by atoms with van der Waals surface area (Å²) in [5.74, 6) is 0.832. The highest BCUT2D eigenvalue weighted by molar-refractivity contribution is 5.25. The van der Waals surface area contributed by atoms with Crippen molar-refractivity contribution in [3.63, 3.8) is 0 Å². The molecule has 0 nitrogen and oxygen atoms in total. The second kappa shape index (κ2) is 3.76. The van der Waals surface area contributed by atoms with Crippen LogP contribution in [0, 0.1) is 5.92 Å². The van der Waals surface area contributed by atoms with Gasteiger partial charge in [-0.25, -0.2) is 0 Å². The molecule has 0 bridgehead atoms. The van der Waals surface area contributed by atoms with Crippen LogP contribution in [-0.2, 0) is 5.41 Å². The summed E-state index contributed by atoms with van der Waals surface area (Å²) < 4.78 is 0. The van der Waals surface area contributed by atoms with Gasteiger partial charge in [0, 0.05) is 0 Å². The lowest BCUT2D eigenvalue weighted by Crippen LogP contribution is -2.33. The van der Waals surface area contributed by atoms with Crippen molar-refractivity contribution in [3.05, 3.63) is 35.9 Å². The van der Waals surface area contributed by atoms with Crippen molar-refractivity contribution in [2.45, 2.75) is 44.9 Å². The summed E-state index contributed by atoms with van der Waals surface area (Å²) in [7, 11) is 0. The lowest BCUT2D eigenvalue weighted by molar-refractivity contribution is 0.221. The predicted molar refractivity (Wildman–Crippen MR) is 61.4 cm³/mol. The summed E-state index contributed by atoms with van der Waals surface area (Å²) in [5, 5.41) is 0. The van der Waals surface area contributed by atoms with Gasteiger partial charge in [0.25, 0.3) is 0 Å². The molecule has 0 aromatic heterocycles. The number of hydrogen-bond acceptors (Lipinski definition) is 0. The second-order valence-electron chi connectivity index (χ2n) is 4.93. The summed E-state index contributed by atoms with van der Waals surface area (Å²) in [5.41, 5.74) is 1.96. The summed E-state index contributed by atoms with van der Waals surface area (Å²) in [6.07, 6.45) is 5.57. The third-order valence-electron chi connectivity index (χ3n) is 4.10. The third kappa shape index (κ3) is 1.58. The van der Waals surface area contributed by atoms with Crippen LogP contribution in [0.4, 0.5) is 0 Å². The Bertz CT molecular complexity index is 288. The van der Waals surface area contributed by atoms with E-state index in [1.54, 1.807) is 0 Å². The molecule has 0 unspecified atom stereocenters. The molecule has 1 fully saturated rings. The Hall–Kier alpha value is -0.780. The van der Waals surface area contributed by atoms with Crippen LogP contribution in [0.15, 0.2) is 30.3 Å². The maximum Gasteiger partial charge on any atom is -0.00497 e. The van der Waals surface area contributed by atoms with Gasteiger partial charge in [0.15, 0.2) is 0 Å². The standard InChI is InChI=1S/C14H20/c1-12-8-6-7-11-14(12,2)13-9-4-3-5-10-13/h3-5,9-10,12H,6-8,11H2,1-2H3/t12-,14-/m1/s1. The Morgan fingerprint density at radius 3 is 2.50 bits per heavy atom. The van der Waals surface area contributed by atoms with Crippen molar-refractivity contribution in [1.29, 1.82) is 0 Å². The van der Waals surface area contributed by atoms with Crippen molar-refractivity contribution >= 4 is 0 Å². The molecule has 1 aliphatic carbocycles. The lowest BCUT2D eigenvalue weighted by atomic mass is 9.64. The normalized spacial score (nSPS) is 32.9. The zero-order chi connectivity index (χ0) is 10.0. The van der Waals surface area contributed by atoms with E-state index in [0.717, 1.165) is 5.92 Å². The highest BCUT2D eigenvalue weighted by atomic mass is 14.4. The molecule has 0 radical (unpaired) electrons. The Kier molecular flexibility index (Phi) is 2.62. The number of hydrogen-bond donors (Lipinski definition) is 0. The van der Waals surface area contributed by atoms with Crippen molar-refractivity contribution in [3.8, 4) is 0 Å². The molecule has 0 aliphatic heterocycles. The summed E-state index contributed by atoms with van der Waals surface area (Å²) in [6, 6.07) is 11.0. The summed E-state index contributed by atoms with van der Waals surface area (Å²) in [6.45, 7) is 4.85. The minimum Gasteiger partial charge on any atom is -0.0622 e. The molecular weight excluding hydrogens is 168 g/mol. The van der Waals surface area contributed by atoms with Crippen LogP contribution < -0.4 is 0 Å². The average Bonchev–Trinajstić information content (AvgIpc) is 2.24. The largest absolute Gasteiger partial charge is 0.0622 e. The molecule has 1 aromatic rings. The molecule has 1 aliphatic rings. The fourth-order valence-electron chi connectivity index (χ4n) is 2.76. The van der Waals surface area contributed by atoms with Gasteiger partial charge in [0.2, 0.25) is 0 Å². The molecule has 1 aromatic carbocycles. The average molecular weight is 188 g/mol. The Morgan fingerprint density at radius 1 is 1.14 bits per heavy atom. The van der Waals surface area contributed by atoms with Gasteiger partial charge in [-0.2, -0.15) is 0 Å². The van der Waals surface area contributed by atoms with E-state index < -0.39 is 0 Å². The third-order valence-corrected chi connectivity index (χ3v) is 4.10. The van der Waals surface area contributed by atoms with E-state index in [0.29, 0.717) is 5.41 Å². The van der Waals surface area contributed by atoms with Gasteiger partial charge in [0.1, 0.15) is 0 Å². The molecule has 0 amide bonds. The van der Waals surface area contributed by atoms with Crippen molar-refractivity contribution < 1.29 is 0 Å². The first-order chi connectivity index (χ1) is 6.73. The molecule has 0 heterocycles. The van der Waals surface area contributed by atoms with Crippen molar-refractivity contribution in [1.82, 2.24) is 0 Å². The van der Waals surface area contributed by atoms with Gasteiger partial charge < -0.3 is 0 Å². The Balaban J connectivity index is 2.30. The van der Waals surface area contributed by atoms with Crippen LogP contribution in [0.1, 0.15) is 45.1 Å². The highest BCUT2D eigenvalue weighted by Crippen LogP contribution is 2.42. The molecule has 1 saturated carbocycles. The van der Waals surface area contributed by atoms with Gasteiger partial charge in [-0.1, -0.05) is 57.0 Å². The van der Waals surface area contributed by atoms with E-state index in [2.05, 4.69) is 44.2 Å². The molecule has 0 N–H and O–H groups in total. The van der Waals surface area contributed by atoms with Gasteiger partial charge in [-0.05, 0) is 29.7 Å². The fraction of sp³-hybridized carbons (Fsp3) is 0.571. The van der Waals surface area contributed by atoms with Crippen LogP contribution in [0.5, 0.6) is 0 Å². The summed E-state index contributed by atoms with van der Waals surface area (Å²) >= 11 is 0. The van der Waals surface area contributed by atoms with E-state index in [1.807, 2.05) is 0 Å². The summed E-state index contributed by atoms with van der Waals surface area (Å²) in [4.78, 5) is 0. The zero-order valence-electron chi connectivity index (χ0n) is 9.29. The molecule has 0 saturated heterocycles. The molecule has 2 rings (SSSR count). The molecule has 76 valence electrons. The van der Waals surface area contributed by atoms with Gasteiger partial charge in [-0.3, -0.25) is 0 Å². The van der Waals surface area contributed by atoms with Gasteiger partial charge in [0.05, 0.1) is 0 Å². The minimum atomic E-state index is 0.430. The van der Waals surface area contributed by atoms with Crippen LogP contribution in [-0.4, -0.2) is 0 Å². The molecule has 2 atom stereocenters. The molecule has 0 heteroatoms. The first-order valence-electron chi connectivity index (χ1n) is 5.79.